The van der Waals surface area contributed by atoms with E-state index in [1.807, 2.05) is 24.3 Å². The average molecular weight is 400 g/mol. The zero-order valence-corrected chi connectivity index (χ0v) is 15.9. The van der Waals surface area contributed by atoms with Crippen molar-refractivity contribution in [1.29, 1.82) is 0 Å². The summed E-state index contributed by atoms with van der Waals surface area (Å²) < 4.78 is 0. The zero-order chi connectivity index (χ0) is 20.9. The summed E-state index contributed by atoms with van der Waals surface area (Å²) >= 11 is 0. The van der Waals surface area contributed by atoms with Gasteiger partial charge in [-0.2, -0.15) is 15.0 Å². The maximum absolute atomic E-state index is 10.0. The molecule has 150 valence electrons. The molecule has 0 unspecified atom stereocenters. The van der Waals surface area contributed by atoms with Crippen molar-refractivity contribution in [2.24, 2.45) is 0 Å². The van der Waals surface area contributed by atoms with Gasteiger partial charge in [0.05, 0.1) is 5.69 Å². The van der Waals surface area contributed by atoms with Gasteiger partial charge in [-0.25, -0.2) is 0 Å². The summed E-state index contributed by atoms with van der Waals surface area (Å²) in [5, 5.41) is 19.3. The van der Waals surface area contributed by atoms with Crippen molar-refractivity contribution >= 4 is 46.3 Å². The van der Waals surface area contributed by atoms with Crippen LogP contribution in [0.4, 0.5) is 46.3 Å². The van der Waals surface area contributed by atoms with Crippen molar-refractivity contribution in [3.05, 3.63) is 72.8 Å². The summed E-state index contributed by atoms with van der Waals surface area (Å²) in [5.74, 6) is 0.956. The van der Waals surface area contributed by atoms with Crippen molar-refractivity contribution in [3.8, 4) is 5.75 Å². The van der Waals surface area contributed by atoms with E-state index in [4.69, 9.17) is 11.5 Å². The summed E-state index contributed by atoms with van der Waals surface area (Å²) in [4.78, 5) is 13.2. The lowest BCUT2D eigenvalue weighted by atomic mass is 10.3. The number of benzene rings is 3. The fourth-order valence-corrected chi connectivity index (χ4v) is 2.63. The number of rotatable bonds is 6. The molecule has 4 aromatic rings. The lowest BCUT2D eigenvalue weighted by Crippen LogP contribution is -2.07. The molecular formula is C21H20N8O. The van der Waals surface area contributed by atoms with Crippen molar-refractivity contribution in [2.45, 2.75) is 0 Å². The van der Waals surface area contributed by atoms with Gasteiger partial charge in [0.25, 0.3) is 0 Å². The van der Waals surface area contributed by atoms with Crippen LogP contribution in [0.25, 0.3) is 0 Å². The van der Waals surface area contributed by atoms with Gasteiger partial charge in [0.2, 0.25) is 17.8 Å². The lowest BCUT2D eigenvalue weighted by Gasteiger charge is -2.12. The van der Waals surface area contributed by atoms with Crippen LogP contribution in [0.2, 0.25) is 0 Å². The van der Waals surface area contributed by atoms with Gasteiger partial charge in [0.1, 0.15) is 5.75 Å². The number of aromatic nitrogens is 3. The summed E-state index contributed by atoms with van der Waals surface area (Å²) in [6.45, 7) is 0. The summed E-state index contributed by atoms with van der Waals surface area (Å²) in [5.41, 5.74) is 14.8. The van der Waals surface area contributed by atoms with Crippen molar-refractivity contribution < 1.29 is 5.11 Å². The molecule has 0 aliphatic rings. The molecule has 0 saturated heterocycles. The Labute approximate surface area is 172 Å². The first-order chi connectivity index (χ1) is 14.5. The highest BCUT2D eigenvalue weighted by Gasteiger charge is 2.10. The first-order valence-corrected chi connectivity index (χ1v) is 9.11. The molecule has 1 heterocycles. The maximum Gasteiger partial charge on any atom is 0.233 e. The van der Waals surface area contributed by atoms with Crippen molar-refractivity contribution in [1.82, 2.24) is 15.0 Å². The van der Waals surface area contributed by atoms with E-state index < -0.39 is 0 Å². The molecule has 0 amide bonds. The average Bonchev–Trinajstić information content (AvgIpc) is 2.73. The molecule has 0 aliphatic heterocycles. The second-order valence-corrected chi connectivity index (χ2v) is 6.44. The molecule has 0 spiro atoms. The van der Waals surface area contributed by atoms with E-state index in [9.17, 15) is 5.11 Å². The summed E-state index contributed by atoms with van der Waals surface area (Å²) in [6.07, 6.45) is 0. The van der Waals surface area contributed by atoms with Crippen LogP contribution in [-0.4, -0.2) is 20.1 Å². The minimum Gasteiger partial charge on any atom is -0.506 e. The Morgan fingerprint density at radius 3 is 1.47 bits per heavy atom. The number of hydrogen-bond donors (Lipinski definition) is 6. The van der Waals surface area contributed by atoms with E-state index in [0.717, 1.165) is 11.4 Å². The van der Waals surface area contributed by atoms with Gasteiger partial charge in [-0.05, 0) is 60.7 Å². The fraction of sp³-hybridized carbons (Fsp3) is 0. The second-order valence-electron chi connectivity index (χ2n) is 6.44. The standard InChI is InChI=1S/C21H20N8O/c22-13-5-9-15(10-6-13)24-19-27-20(25-16-11-7-14(23)8-12-16)29-21(28-19)26-17-3-1-2-4-18(17)30/h1-12,30H,22-23H2,(H3,24,25,26,27,28,29). The van der Waals surface area contributed by atoms with E-state index in [2.05, 4.69) is 30.9 Å². The van der Waals surface area contributed by atoms with Gasteiger partial charge in [-0.1, -0.05) is 12.1 Å². The Balaban J connectivity index is 1.66. The monoisotopic (exact) mass is 400 g/mol. The Hall–Kier alpha value is -4.53. The number of aromatic hydroxyl groups is 1. The van der Waals surface area contributed by atoms with E-state index in [-0.39, 0.29) is 11.7 Å². The predicted molar refractivity (Wildman–Crippen MR) is 119 cm³/mol. The first kappa shape index (κ1) is 18.8. The van der Waals surface area contributed by atoms with Gasteiger partial charge >= 0.3 is 0 Å². The van der Waals surface area contributed by atoms with Gasteiger partial charge in [0, 0.05) is 22.7 Å². The maximum atomic E-state index is 10.0. The smallest absolute Gasteiger partial charge is 0.233 e. The number of phenolic OH excluding ortho intramolecular Hbond substituents is 1. The largest absolute Gasteiger partial charge is 0.506 e. The number of nitrogens with two attached hydrogens (primary N) is 2. The molecular weight excluding hydrogens is 380 g/mol. The topological polar surface area (TPSA) is 147 Å². The number of anilines is 8. The van der Waals surface area contributed by atoms with E-state index >= 15 is 0 Å². The quantitative estimate of drug-likeness (QED) is 0.209. The highest BCUT2D eigenvalue weighted by Crippen LogP contribution is 2.26. The Bertz CT molecular complexity index is 1080. The van der Waals surface area contributed by atoms with Crippen LogP contribution in [0.3, 0.4) is 0 Å². The fourth-order valence-electron chi connectivity index (χ4n) is 2.63. The van der Waals surface area contributed by atoms with Gasteiger partial charge in [-0.3, -0.25) is 0 Å². The Morgan fingerprint density at radius 2 is 1.00 bits per heavy atom. The molecule has 0 bridgehead atoms. The molecule has 0 aliphatic carbocycles. The van der Waals surface area contributed by atoms with Crippen LogP contribution in [0.15, 0.2) is 72.8 Å². The van der Waals surface area contributed by atoms with Gasteiger partial charge in [0.15, 0.2) is 0 Å². The third-order valence-electron chi connectivity index (χ3n) is 4.12. The highest BCUT2D eigenvalue weighted by molar-refractivity contribution is 5.66. The summed E-state index contributed by atoms with van der Waals surface area (Å²) in [7, 11) is 0. The minimum atomic E-state index is 0.0824. The number of phenols is 1. The Kier molecular flexibility index (Phi) is 5.16. The Morgan fingerprint density at radius 1 is 0.567 bits per heavy atom. The molecule has 8 N–H and O–H groups in total. The highest BCUT2D eigenvalue weighted by atomic mass is 16.3. The molecule has 3 aromatic carbocycles. The van der Waals surface area contributed by atoms with Crippen LogP contribution < -0.4 is 27.4 Å². The minimum absolute atomic E-state index is 0.0824. The molecule has 30 heavy (non-hydrogen) atoms. The number of nitrogen functional groups attached to an aromatic ring is 2. The lowest BCUT2D eigenvalue weighted by molar-refractivity contribution is 0.477. The predicted octanol–water partition coefficient (Wildman–Crippen LogP) is 3.97. The molecule has 9 nitrogen and oxygen atoms in total. The third-order valence-corrected chi connectivity index (χ3v) is 4.12. The molecule has 0 saturated carbocycles. The van der Waals surface area contributed by atoms with Crippen LogP contribution in [0, 0.1) is 0 Å². The molecule has 1 aromatic heterocycles. The van der Waals surface area contributed by atoms with Crippen molar-refractivity contribution in [3.63, 3.8) is 0 Å². The number of hydrogen-bond acceptors (Lipinski definition) is 9. The molecule has 0 radical (unpaired) electrons. The molecule has 4 rings (SSSR count). The second kappa shape index (κ2) is 8.23. The van der Waals surface area contributed by atoms with Crippen LogP contribution in [0.5, 0.6) is 5.75 Å². The third kappa shape index (κ3) is 4.65. The molecule has 0 fully saturated rings. The van der Waals surface area contributed by atoms with Crippen LogP contribution >= 0.6 is 0 Å². The van der Waals surface area contributed by atoms with E-state index in [1.165, 1.54) is 0 Å². The van der Waals surface area contributed by atoms with Crippen LogP contribution in [-0.2, 0) is 0 Å². The summed E-state index contributed by atoms with van der Waals surface area (Å²) in [6, 6.07) is 21.2. The molecule has 0 atom stereocenters. The zero-order valence-electron chi connectivity index (χ0n) is 15.9. The first-order valence-electron chi connectivity index (χ1n) is 9.11. The van der Waals surface area contributed by atoms with Crippen molar-refractivity contribution in [2.75, 3.05) is 27.4 Å². The molecule has 9 heteroatoms. The van der Waals surface area contributed by atoms with Gasteiger partial charge in [-0.15, -0.1) is 0 Å². The van der Waals surface area contributed by atoms with E-state index in [0.29, 0.717) is 29.0 Å². The van der Waals surface area contributed by atoms with E-state index in [1.54, 1.807) is 48.5 Å². The number of nitrogens with zero attached hydrogens (tertiary/aromatic N) is 3. The van der Waals surface area contributed by atoms with Crippen LogP contribution in [0.1, 0.15) is 0 Å². The number of para-hydroxylation sites is 2. The normalized spacial score (nSPS) is 10.4. The number of nitrogens with one attached hydrogen (secondary N) is 3. The van der Waals surface area contributed by atoms with Gasteiger partial charge < -0.3 is 32.5 Å². The SMILES string of the molecule is Nc1ccc(Nc2nc(Nc3ccc(N)cc3)nc(Nc3ccccc3O)n2)cc1.